The number of rotatable bonds is 4. The van der Waals surface area contributed by atoms with Crippen molar-refractivity contribution in [2.24, 2.45) is 0 Å². The van der Waals surface area contributed by atoms with E-state index in [-0.39, 0.29) is 6.10 Å². The van der Waals surface area contributed by atoms with Crippen LogP contribution in [0.3, 0.4) is 0 Å². The molecule has 0 aliphatic heterocycles. The van der Waals surface area contributed by atoms with Gasteiger partial charge in [0.15, 0.2) is 0 Å². The van der Waals surface area contributed by atoms with E-state index >= 15 is 0 Å². The molecule has 0 saturated heterocycles. The summed E-state index contributed by atoms with van der Waals surface area (Å²) >= 11 is 5.15. The normalized spacial score (nSPS) is 20.1. The van der Waals surface area contributed by atoms with Crippen molar-refractivity contribution >= 4 is 21.6 Å². The molecule has 4 nitrogen and oxygen atoms in total. The number of hydrogen-bond donors (Lipinski definition) is 1. The first kappa shape index (κ1) is 10.2. The largest absolute Gasteiger partial charge is 0.284 e. The zero-order valence-electron chi connectivity index (χ0n) is 6.62. The molecule has 72 valence electrons. The molecule has 1 aliphatic rings. The summed E-state index contributed by atoms with van der Waals surface area (Å²) in [6.45, 7) is 0. The Balaban J connectivity index is 2.25. The predicted octanol–water partition coefficient (Wildman–Crippen LogP) is 0.976. The average Bonchev–Trinajstić information content (AvgIpc) is 2.53. The second-order valence-electron chi connectivity index (χ2n) is 2.83. The molecular weight excluding hydrogens is 202 g/mol. The van der Waals surface area contributed by atoms with Crippen molar-refractivity contribution in [2.75, 3.05) is 5.21 Å². The summed E-state index contributed by atoms with van der Waals surface area (Å²) in [6.07, 6.45) is 4.08. The number of hydrogen-bond acceptors (Lipinski definition) is 3. The molecule has 0 aromatic heterocycles. The Bertz CT molecular complexity index is 223. The Labute approximate surface area is 77.2 Å². The monoisotopic (exact) mass is 213 g/mol. The lowest BCUT2D eigenvalue weighted by atomic mass is 10.3. The molecule has 0 bridgehead atoms. The minimum absolute atomic E-state index is 0.0305. The number of alkyl halides is 1. The lowest BCUT2D eigenvalue weighted by Crippen LogP contribution is -2.29. The summed E-state index contributed by atoms with van der Waals surface area (Å²) < 4.78 is 21.6. The topological polar surface area (TPSA) is 55.4 Å². The van der Waals surface area contributed by atoms with Gasteiger partial charge in [0.1, 0.15) is 5.21 Å². The Hall–Kier alpha value is 0.160. The maximum Gasteiger partial charge on any atom is 0.247 e. The maximum atomic E-state index is 10.8. The zero-order valence-corrected chi connectivity index (χ0v) is 8.20. The third-order valence-electron chi connectivity index (χ3n) is 1.79. The van der Waals surface area contributed by atoms with Gasteiger partial charge < -0.3 is 0 Å². The predicted molar refractivity (Wildman–Crippen MR) is 46.1 cm³/mol. The van der Waals surface area contributed by atoms with Crippen LogP contribution < -0.4 is 4.89 Å². The molecule has 0 radical (unpaired) electrons. The van der Waals surface area contributed by atoms with Gasteiger partial charge in [-0.05, 0) is 12.8 Å². The highest BCUT2D eigenvalue weighted by Gasteiger charge is 2.18. The highest BCUT2D eigenvalue weighted by atomic mass is 35.5. The molecule has 0 aromatic rings. The molecule has 0 amide bonds. The standard InChI is InChI=1S/C6H12ClNO3S/c7-5-12(9,10)8-11-6-3-1-2-4-6/h6,8H,1-5H2. The van der Waals surface area contributed by atoms with Gasteiger partial charge in [0, 0.05) is 0 Å². The summed E-state index contributed by atoms with van der Waals surface area (Å²) in [4.78, 5) is 6.93. The molecule has 0 atom stereocenters. The van der Waals surface area contributed by atoms with Crippen LogP contribution in [-0.4, -0.2) is 19.7 Å². The Kier molecular flexibility index (Phi) is 3.77. The number of halogens is 1. The van der Waals surface area contributed by atoms with Crippen LogP contribution in [0.1, 0.15) is 25.7 Å². The molecule has 0 heterocycles. The van der Waals surface area contributed by atoms with E-state index in [0.29, 0.717) is 0 Å². The molecule has 1 fully saturated rings. The fourth-order valence-electron chi connectivity index (χ4n) is 1.17. The summed E-state index contributed by atoms with van der Waals surface area (Å²) in [6, 6.07) is 0. The van der Waals surface area contributed by atoms with Crippen LogP contribution in [-0.2, 0) is 14.9 Å². The molecular formula is C6H12ClNO3S. The highest BCUT2D eigenvalue weighted by molar-refractivity contribution is 7.90. The Morgan fingerprint density at radius 3 is 2.50 bits per heavy atom. The van der Waals surface area contributed by atoms with E-state index in [0.717, 1.165) is 25.7 Å². The number of nitrogens with one attached hydrogen (secondary N) is 1. The quantitative estimate of drug-likeness (QED) is 0.560. The smallest absolute Gasteiger partial charge is 0.247 e. The first-order valence-electron chi connectivity index (χ1n) is 3.85. The lowest BCUT2D eigenvalue weighted by molar-refractivity contribution is 0.0226. The van der Waals surface area contributed by atoms with E-state index in [1.54, 1.807) is 0 Å². The van der Waals surface area contributed by atoms with E-state index in [2.05, 4.69) is 0 Å². The van der Waals surface area contributed by atoms with Gasteiger partial charge in [-0.25, -0.2) is 8.42 Å². The minimum Gasteiger partial charge on any atom is -0.284 e. The van der Waals surface area contributed by atoms with E-state index in [1.807, 2.05) is 4.89 Å². The van der Waals surface area contributed by atoms with Gasteiger partial charge in [0.2, 0.25) is 10.0 Å². The van der Waals surface area contributed by atoms with Crippen LogP contribution >= 0.6 is 11.6 Å². The van der Waals surface area contributed by atoms with Crippen molar-refractivity contribution in [3.8, 4) is 0 Å². The van der Waals surface area contributed by atoms with E-state index in [4.69, 9.17) is 16.4 Å². The van der Waals surface area contributed by atoms with Crippen molar-refractivity contribution < 1.29 is 13.3 Å². The van der Waals surface area contributed by atoms with Gasteiger partial charge >= 0.3 is 0 Å². The summed E-state index contributed by atoms with van der Waals surface area (Å²) in [5.41, 5.74) is 0. The fourth-order valence-corrected chi connectivity index (χ4v) is 1.63. The molecule has 0 spiro atoms. The van der Waals surface area contributed by atoms with Gasteiger partial charge in [0.05, 0.1) is 6.10 Å². The van der Waals surface area contributed by atoms with Crippen LogP contribution in [0.5, 0.6) is 0 Å². The van der Waals surface area contributed by atoms with Crippen LogP contribution in [0.25, 0.3) is 0 Å². The molecule has 12 heavy (non-hydrogen) atoms. The van der Waals surface area contributed by atoms with Gasteiger partial charge in [-0.2, -0.15) is 0 Å². The third-order valence-corrected chi connectivity index (χ3v) is 3.29. The van der Waals surface area contributed by atoms with Crippen molar-refractivity contribution in [3.05, 3.63) is 0 Å². The van der Waals surface area contributed by atoms with Crippen LogP contribution in [0.15, 0.2) is 0 Å². The van der Waals surface area contributed by atoms with Gasteiger partial charge in [-0.1, -0.05) is 17.7 Å². The molecule has 0 unspecified atom stereocenters. The first-order chi connectivity index (χ1) is 5.64. The molecule has 0 aromatic carbocycles. The first-order valence-corrected chi connectivity index (χ1v) is 6.04. The highest BCUT2D eigenvalue weighted by Crippen LogP contribution is 2.20. The molecule has 1 rings (SSSR count). The summed E-state index contributed by atoms with van der Waals surface area (Å²) in [5.74, 6) is 0. The Morgan fingerprint density at radius 2 is 2.00 bits per heavy atom. The second-order valence-corrected chi connectivity index (χ2v) is 5.10. The number of sulfonamides is 1. The molecule has 1 aliphatic carbocycles. The third kappa shape index (κ3) is 3.26. The summed E-state index contributed by atoms with van der Waals surface area (Å²) in [7, 11) is -3.41. The minimum atomic E-state index is -3.41. The van der Waals surface area contributed by atoms with Crippen molar-refractivity contribution in [1.29, 1.82) is 0 Å². The van der Waals surface area contributed by atoms with E-state index in [1.165, 1.54) is 0 Å². The van der Waals surface area contributed by atoms with Crippen LogP contribution in [0.2, 0.25) is 0 Å². The van der Waals surface area contributed by atoms with Crippen molar-refractivity contribution in [2.45, 2.75) is 31.8 Å². The van der Waals surface area contributed by atoms with Gasteiger partial charge in [-0.15, -0.1) is 11.6 Å². The molecule has 1 N–H and O–H groups in total. The SMILES string of the molecule is O=S(=O)(CCl)NOC1CCCC1. The van der Waals surface area contributed by atoms with Gasteiger partial charge in [-0.3, -0.25) is 4.84 Å². The molecule has 6 heteroatoms. The van der Waals surface area contributed by atoms with Crippen LogP contribution in [0.4, 0.5) is 0 Å². The average molecular weight is 214 g/mol. The molecule has 1 saturated carbocycles. The van der Waals surface area contributed by atoms with Crippen molar-refractivity contribution in [1.82, 2.24) is 4.89 Å². The van der Waals surface area contributed by atoms with E-state index < -0.39 is 15.2 Å². The van der Waals surface area contributed by atoms with Crippen molar-refractivity contribution in [3.63, 3.8) is 0 Å². The van der Waals surface area contributed by atoms with Gasteiger partial charge in [0.25, 0.3) is 0 Å². The zero-order chi connectivity index (χ0) is 9.03. The summed E-state index contributed by atoms with van der Waals surface area (Å²) in [5, 5.41) is -0.459. The fraction of sp³-hybridized carbons (Fsp3) is 1.00. The Morgan fingerprint density at radius 1 is 1.42 bits per heavy atom. The lowest BCUT2D eigenvalue weighted by Gasteiger charge is -2.09. The maximum absolute atomic E-state index is 10.8. The van der Waals surface area contributed by atoms with Crippen LogP contribution in [0, 0.1) is 0 Å². The second kappa shape index (κ2) is 4.41. The van der Waals surface area contributed by atoms with E-state index in [9.17, 15) is 8.42 Å².